The van der Waals surface area contributed by atoms with Gasteiger partial charge in [0.1, 0.15) is 0 Å². The van der Waals surface area contributed by atoms with Crippen molar-refractivity contribution in [3.05, 3.63) is 42.2 Å². The first kappa shape index (κ1) is 15.5. The molecule has 6 heteroatoms. The molecule has 122 valence electrons. The van der Waals surface area contributed by atoms with E-state index in [4.69, 9.17) is 0 Å². The fraction of sp³-hybridized carbons (Fsp3) is 0.471. The van der Waals surface area contributed by atoms with Crippen molar-refractivity contribution < 1.29 is 4.79 Å². The van der Waals surface area contributed by atoms with Crippen molar-refractivity contribution in [2.24, 2.45) is 5.92 Å². The maximum absolute atomic E-state index is 12.3. The number of nitrogens with one attached hydrogen (secondary N) is 1. The van der Waals surface area contributed by atoms with Crippen LogP contribution in [-0.2, 0) is 0 Å². The molecule has 1 aliphatic rings. The zero-order valence-electron chi connectivity index (χ0n) is 13.6. The molecule has 1 aromatic heterocycles. The van der Waals surface area contributed by atoms with Crippen LogP contribution in [0.5, 0.6) is 0 Å². The van der Waals surface area contributed by atoms with Gasteiger partial charge in [-0.05, 0) is 43.4 Å². The number of benzene rings is 1. The molecule has 23 heavy (non-hydrogen) atoms. The normalized spacial score (nSPS) is 17.0. The van der Waals surface area contributed by atoms with Crippen LogP contribution in [0.1, 0.15) is 38.3 Å². The molecule has 1 saturated heterocycles. The molecule has 1 aromatic carbocycles. The molecular formula is C17H23N5O. The molecule has 0 bridgehead atoms. The summed E-state index contributed by atoms with van der Waals surface area (Å²) in [4.78, 5) is 14.3. The van der Waals surface area contributed by atoms with Crippen molar-refractivity contribution in [3.63, 3.8) is 0 Å². The molecule has 2 heterocycles. The van der Waals surface area contributed by atoms with Crippen molar-refractivity contribution in [2.75, 3.05) is 13.1 Å². The molecule has 1 aliphatic heterocycles. The lowest BCUT2D eigenvalue weighted by atomic mass is 9.99. The maximum atomic E-state index is 12.3. The summed E-state index contributed by atoms with van der Waals surface area (Å²) in [6.07, 6.45) is 5.64. The van der Waals surface area contributed by atoms with E-state index in [1.165, 1.54) is 0 Å². The minimum Gasteiger partial charge on any atom is -0.331 e. The van der Waals surface area contributed by atoms with E-state index in [9.17, 15) is 4.79 Å². The molecular weight excluding hydrogens is 290 g/mol. The number of rotatable bonds is 3. The number of likely N-dealkylation sites (tertiary alicyclic amines) is 1. The SMILES string of the molecule is CC1CCN(C(=O)N[C@H](C)c2ccc(-n3ccnn3)cc2)CC1. The van der Waals surface area contributed by atoms with Crippen LogP contribution in [0.25, 0.3) is 5.69 Å². The third-order valence-electron chi connectivity index (χ3n) is 4.49. The van der Waals surface area contributed by atoms with E-state index in [2.05, 4.69) is 22.6 Å². The molecule has 0 unspecified atom stereocenters. The number of carbonyl (C=O) groups excluding carboxylic acids is 1. The van der Waals surface area contributed by atoms with Crippen LogP contribution < -0.4 is 5.32 Å². The fourth-order valence-corrected chi connectivity index (χ4v) is 2.83. The van der Waals surface area contributed by atoms with E-state index in [1.54, 1.807) is 17.1 Å². The molecule has 6 nitrogen and oxygen atoms in total. The Hall–Kier alpha value is -2.37. The molecule has 2 amide bonds. The minimum absolute atomic E-state index is 0.0216. The summed E-state index contributed by atoms with van der Waals surface area (Å²) in [7, 11) is 0. The average Bonchev–Trinajstić information content (AvgIpc) is 3.10. The van der Waals surface area contributed by atoms with E-state index >= 15 is 0 Å². The first-order valence-corrected chi connectivity index (χ1v) is 8.15. The topological polar surface area (TPSA) is 63.1 Å². The quantitative estimate of drug-likeness (QED) is 0.947. The molecule has 1 fully saturated rings. The van der Waals surface area contributed by atoms with Crippen LogP contribution in [0.15, 0.2) is 36.7 Å². The molecule has 0 saturated carbocycles. The van der Waals surface area contributed by atoms with Gasteiger partial charge >= 0.3 is 6.03 Å². The van der Waals surface area contributed by atoms with Gasteiger partial charge in [0.05, 0.1) is 24.1 Å². The predicted molar refractivity (Wildman–Crippen MR) is 88.3 cm³/mol. The van der Waals surface area contributed by atoms with E-state index in [0.717, 1.165) is 43.1 Å². The Kier molecular flexibility index (Phi) is 4.60. The van der Waals surface area contributed by atoms with Crippen molar-refractivity contribution >= 4 is 6.03 Å². The summed E-state index contributed by atoms with van der Waals surface area (Å²) in [5.41, 5.74) is 2.03. The Labute approximate surface area is 136 Å². The molecule has 1 atom stereocenters. The smallest absolute Gasteiger partial charge is 0.317 e. The Bertz CT molecular complexity index is 630. The second-order valence-electron chi connectivity index (χ2n) is 6.28. The molecule has 0 spiro atoms. The van der Waals surface area contributed by atoms with Crippen molar-refractivity contribution in [3.8, 4) is 5.69 Å². The van der Waals surface area contributed by atoms with Gasteiger partial charge in [-0.15, -0.1) is 5.10 Å². The lowest BCUT2D eigenvalue weighted by Crippen LogP contribution is -2.44. The van der Waals surface area contributed by atoms with E-state index in [-0.39, 0.29) is 12.1 Å². The number of amides is 2. The Balaban J connectivity index is 1.59. The zero-order chi connectivity index (χ0) is 16.2. The fourth-order valence-electron chi connectivity index (χ4n) is 2.83. The number of piperidine rings is 1. The monoisotopic (exact) mass is 313 g/mol. The van der Waals surface area contributed by atoms with Crippen molar-refractivity contribution in [1.82, 2.24) is 25.2 Å². The van der Waals surface area contributed by atoms with E-state index in [0.29, 0.717) is 0 Å². The first-order valence-electron chi connectivity index (χ1n) is 8.15. The highest BCUT2D eigenvalue weighted by Crippen LogP contribution is 2.18. The number of hydrogen-bond acceptors (Lipinski definition) is 3. The standard InChI is InChI=1S/C17H23N5O/c1-13-7-10-21(11-8-13)17(23)19-14(2)15-3-5-16(6-4-15)22-12-9-18-20-22/h3-6,9,12-14H,7-8,10-11H2,1-2H3,(H,19,23)/t14-/m1/s1. The van der Waals surface area contributed by atoms with Crippen LogP contribution >= 0.6 is 0 Å². The number of urea groups is 1. The highest BCUT2D eigenvalue weighted by molar-refractivity contribution is 5.74. The van der Waals surface area contributed by atoms with Gasteiger partial charge in [-0.2, -0.15) is 0 Å². The van der Waals surface area contributed by atoms with E-state index in [1.807, 2.05) is 36.1 Å². The Morgan fingerprint density at radius 3 is 2.57 bits per heavy atom. The van der Waals surface area contributed by atoms with Crippen molar-refractivity contribution in [2.45, 2.75) is 32.7 Å². The van der Waals surface area contributed by atoms with Crippen LogP contribution in [-0.4, -0.2) is 39.0 Å². The molecule has 1 N–H and O–H groups in total. The van der Waals surface area contributed by atoms with Gasteiger partial charge < -0.3 is 10.2 Å². The Morgan fingerprint density at radius 1 is 1.26 bits per heavy atom. The van der Waals surface area contributed by atoms with E-state index < -0.39 is 0 Å². The summed E-state index contributed by atoms with van der Waals surface area (Å²) in [6.45, 7) is 5.96. The summed E-state index contributed by atoms with van der Waals surface area (Å²) >= 11 is 0. The maximum Gasteiger partial charge on any atom is 0.317 e. The number of nitrogens with zero attached hydrogens (tertiary/aromatic N) is 4. The van der Waals surface area contributed by atoms with Crippen LogP contribution in [0.4, 0.5) is 4.79 Å². The molecule has 2 aromatic rings. The third kappa shape index (κ3) is 3.70. The third-order valence-corrected chi connectivity index (χ3v) is 4.49. The Morgan fingerprint density at radius 2 is 1.96 bits per heavy atom. The molecule has 3 rings (SSSR count). The largest absolute Gasteiger partial charge is 0.331 e. The van der Waals surface area contributed by atoms with Gasteiger partial charge in [0, 0.05) is 13.1 Å². The van der Waals surface area contributed by atoms with Crippen LogP contribution in [0.2, 0.25) is 0 Å². The second kappa shape index (κ2) is 6.81. The lowest BCUT2D eigenvalue weighted by molar-refractivity contribution is 0.171. The second-order valence-corrected chi connectivity index (χ2v) is 6.28. The summed E-state index contributed by atoms with van der Waals surface area (Å²) in [6, 6.07) is 8.00. The molecule has 0 aliphatic carbocycles. The summed E-state index contributed by atoms with van der Waals surface area (Å²) in [5, 5.41) is 10.9. The van der Waals surface area contributed by atoms with Gasteiger partial charge in [-0.25, -0.2) is 9.48 Å². The predicted octanol–water partition coefficient (Wildman–Crippen LogP) is 2.77. The number of carbonyl (C=O) groups is 1. The lowest BCUT2D eigenvalue weighted by Gasteiger charge is -2.31. The average molecular weight is 313 g/mol. The minimum atomic E-state index is -0.0216. The molecule has 0 radical (unpaired) electrons. The first-order chi connectivity index (χ1) is 11.1. The highest BCUT2D eigenvalue weighted by Gasteiger charge is 2.21. The van der Waals surface area contributed by atoms with Crippen LogP contribution in [0.3, 0.4) is 0 Å². The van der Waals surface area contributed by atoms with Crippen LogP contribution in [0, 0.1) is 5.92 Å². The zero-order valence-corrected chi connectivity index (χ0v) is 13.6. The van der Waals surface area contributed by atoms with Gasteiger partial charge in [0.25, 0.3) is 0 Å². The van der Waals surface area contributed by atoms with Gasteiger partial charge in [0.15, 0.2) is 0 Å². The highest BCUT2D eigenvalue weighted by atomic mass is 16.2. The number of hydrogen-bond donors (Lipinski definition) is 1. The van der Waals surface area contributed by atoms with Gasteiger partial charge in [0.2, 0.25) is 0 Å². The number of aromatic nitrogens is 3. The van der Waals surface area contributed by atoms with Gasteiger partial charge in [-0.1, -0.05) is 24.3 Å². The van der Waals surface area contributed by atoms with Crippen molar-refractivity contribution in [1.29, 1.82) is 0 Å². The summed E-state index contributed by atoms with van der Waals surface area (Å²) < 4.78 is 1.71. The summed E-state index contributed by atoms with van der Waals surface area (Å²) in [5.74, 6) is 0.723. The van der Waals surface area contributed by atoms with Gasteiger partial charge in [-0.3, -0.25) is 0 Å².